The van der Waals surface area contributed by atoms with E-state index in [2.05, 4.69) is 10.4 Å². The second-order valence-corrected chi connectivity index (χ2v) is 5.24. The molecule has 0 saturated carbocycles. The predicted molar refractivity (Wildman–Crippen MR) is 92.7 cm³/mol. The molecule has 0 unspecified atom stereocenters. The van der Waals surface area contributed by atoms with Crippen LogP contribution in [-0.2, 0) is 7.05 Å². The highest BCUT2D eigenvalue weighted by Crippen LogP contribution is 2.28. The molecule has 0 fully saturated rings. The first-order chi connectivity index (χ1) is 12.0. The van der Waals surface area contributed by atoms with Crippen molar-refractivity contribution in [3.63, 3.8) is 0 Å². The highest BCUT2D eigenvalue weighted by atomic mass is 16.5. The molecule has 0 saturated heterocycles. The molecule has 0 atom stereocenters. The highest BCUT2D eigenvalue weighted by Gasteiger charge is 2.13. The van der Waals surface area contributed by atoms with Crippen molar-refractivity contribution < 1.29 is 14.6 Å². The quantitative estimate of drug-likeness (QED) is 0.743. The Balaban J connectivity index is 1.95. The van der Waals surface area contributed by atoms with Gasteiger partial charge in [-0.1, -0.05) is 18.2 Å². The average molecular weight is 337 g/mol. The van der Waals surface area contributed by atoms with Gasteiger partial charge in [0.25, 0.3) is 5.56 Å². The normalized spacial score (nSPS) is 10.3. The fourth-order valence-corrected chi connectivity index (χ4v) is 2.17. The molecule has 1 heterocycles. The molecule has 2 N–H and O–H groups in total. The molecule has 0 aliphatic heterocycles. The van der Waals surface area contributed by atoms with Gasteiger partial charge in [0.05, 0.1) is 11.8 Å². The largest absolute Gasteiger partial charge is 0.478 e. The number of hydrogen-bond acceptors (Lipinski definition) is 5. The molecule has 0 aliphatic carbocycles. The van der Waals surface area contributed by atoms with E-state index in [1.165, 1.54) is 30.1 Å². The maximum absolute atomic E-state index is 12.4. The standard InChI is InChI=1S/C18H15N3O4/c1-21-17(22)16(20-13-9-7-12(8-10-13)18(23)24)15(11-19-21)25-14-5-3-2-4-6-14/h2-11,20H,1H3,(H,23,24). The Kier molecular flexibility index (Phi) is 4.47. The van der Waals surface area contributed by atoms with Crippen molar-refractivity contribution in [2.75, 3.05) is 5.32 Å². The van der Waals surface area contributed by atoms with Crippen LogP contribution in [-0.4, -0.2) is 20.9 Å². The number of benzene rings is 2. The van der Waals surface area contributed by atoms with E-state index in [0.717, 1.165) is 0 Å². The summed E-state index contributed by atoms with van der Waals surface area (Å²) in [6.45, 7) is 0. The van der Waals surface area contributed by atoms with E-state index in [-0.39, 0.29) is 22.6 Å². The molecule has 25 heavy (non-hydrogen) atoms. The van der Waals surface area contributed by atoms with E-state index in [4.69, 9.17) is 9.84 Å². The summed E-state index contributed by atoms with van der Waals surface area (Å²) < 4.78 is 6.93. The van der Waals surface area contributed by atoms with Crippen LogP contribution in [0, 0.1) is 0 Å². The molecule has 7 nitrogen and oxygen atoms in total. The zero-order valence-corrected chi connectivity index (χ0v) is 13.3. The molecule has 0 amide bonds. The fraction of sp³-hybridized carbons (Fsp3) is 0.0556. The van der Waals surface area contributed by atoms with Crippen LogP contribution in [0.2, 0.25) is 0 Å². The van der Waals surface area contributed by atoms with Gasteiger partial charge in [-0.15, -0.1) is 0 Å². The lowest BCUT2D eigenvalue weighted by atomic mass is 10.2. The van der Waals surface area contributed by atoms with Crippen LogP contribution in [0.15, 0.2) is 65.6 Å². The maximum Gasteiger partial charge on any atom is 0.335 e. The lowest BCUT2D eigenvalue weighted by Gasteiger charge is -2.13. The van der Waals surface area contributed by atoms with Crippen molar-refractivity contribution in [1.82, 2.24) is 9.78 Å². The first-order valence-corrected chi connectivity index (χ1v) is 7.44. The van der Waals surface area contributed by atoms with Gasteiger partial charge in [0.1, 0.15) is 5.75 Å². The monoisotopic (exact) mass is 337 g/mol. The van der Waals surface area contributed by atoms with Gasteiger partial charge in [-0.25, -0.2) is 9.48 Å². The molecule has 2 aromatic carbocycles. The SMILES string of the molecule is Cn1ncc(Oc2ccccc2)c(Nc2ccc(C(=O)O)cc2)c1=O. The van der Waals surface area contributed by atoms with Crippen molar-refractivity contribution >= 4 is 17.3 Å². The number of aromatic carboxylic acids is 1. The lowest BCUT2D eigenvalue weighted by molar-refractivity contribution is 0.0697. The average Bonchev–Trinajstić information content (AvgIpc) is 2.62. The second kappa shape index (κ2) is 6.88. The number of carboxylic acid groups (broad SMARTS) is 1. The molecule has 0 aliphatic rings. The van der Waals surface area contributed by atoms with Gasteiger partial charge in [0, 0.05) is 12.7 Å². The summed E-state index contributed by atoms with van der Waals surface area (Å²) in [5, 5.41) is 15.9. The predicted octanol–water partition coefficient (Wildman–Crippen LogP) is 3.01. The third kappa shape index (κ3) is 3.66. The van der Waals surface area contributed by atoms with Crippen LogP contribution in [0.3, 0.4) is 0 Å². The summed E-state index contributed by atoms with van der Waals surface area (Å²) in [6.07, 6.45) is 1.45. The molecule has 1 aromatic heterocycles. The Labute approximate surface area is 143 Å². The Morgan fingerprint density at radius 3 is 2.44 bits per heavy atom. The number of carbonyl (C=O) groups is 1. The highest BCUT2D eigenvalue weighted by molar-refractivity contribution is 5.88. The van der Waals surface area contributed by atoms with Crippen LogP contribution in [0.4, 0.5) is 11.4 Å². The molecule has 7 heteroatoms. The van der Waals surface area contributed by atoms with Gasteiger partial charge < -0.3 is 15.2 Å². The topological polar surface area (TPSA) is 93.4 Å². The van der Waals surface area contributed by atoms with Gasteiger partial charge in [0.15, 0.2) is 11.4 Å². The minimum Gasteiger partial charge on any atom is -0.478 e. The first-order valence-electron chi connectivity index (χ1n) is 7.44. The Morgan fingerprint density at radius 2 is 1.80 bits per heavy atom. The second-order valence-electron chi connectivity index (χ2n) is 5.24. The fourth-order valence-electron chi connectivity index (χ4n) is 2.17. The Hall–Kier alpha value is -3.61. The number of nitrogens with zero attached hydrogens (tertiary/aromatic N) is 2. The van der Waals surface area contributed by atoms with Crippen molar-refractivity contribution in [2.24, 2.45) is 7.05 Å². The first kappa shape index (κ1) is 16.3. The summed E-state index contributed by atoms with van der Waals surface area (Å²) in [5.74, 6) is -0.169. The van der Waals surface area contributed by atoms with Gasteiger partial charge in [-0.2, -0.15) is 5.10 Å². The lowest BCUT2D eigenvalue weighted by Crippen LogP contribution is -2.22. The van der Waals surface area contributed by atoms with E-state index in [0.29, 0.717) is 11.4 Å². The van der Waals surface area contributed by atoms with E-state index >= 15 is 0 Å². The number of para-hydroxylation sites is 1. The van der Waals surface area contributed by atoms with E-state index in [1.54, 1.807) is 24.3 Å². The number of aryl methyl sites for hydroxylation is 1. The molecule has 0 spiro atoms. The van der Waals surface area contributed by atoms with Crippen molar-refractivity contribution in [1.29, 1.82) is 0 Å². The van der Waals surface area contributed by atoms with Gasteiger partial charge >= 0.3 is 5.97 Å². The summed E-state index contributed by atoms with van der Waals surface area (Å²) >= 11 is 0. The van der Waals surface area contributed by atoms with E-state index < -0.39 is 5.97 Å². The summed E-state index contributed by atoms with van der Waals surface area (Å²) in [7, 11) is 1.54. The number of carboxylic acids is 1. The molecular weight excluding hydrogens is 322 g/mol. The summed E-state index contributed by atoms with van der Waals surface area (Å²) in [6, 6.07) is 15.1. The third-order valence-corrected chi connectivity index (χ3v) is 3.47. The number of rotatable bonds is 5. The zero-order chi connectivity index (χ0) is 17.8. The van der Waals surface area contributed by atoms with Crippen LogP contribution < -0.4 is 15.6 Å². The minimum absolute atomic E-state index is 0.161. The van der Waals surface area contributed by atoms with Gasteiger partial charge in [-0.05, 0) is 36.4 Å². The van der Waals surface area contributed by atoms with Crippen molar-refractivity contribution in [3.05, 3.63) is 76.7 Å². The maximum atomic E-state index is 12.4. The number of aromatic nitrogens is 2. The number of nitrogens with one attached hydrogen (secondary N) is 1. The molecule has 3 aromatic rings. The Morgan fingerprint density at radius 1 is 1.12 bits per heavy atom. The number of anilines is 2. The summed E-state index contributed by atoms with van der Waals surface area (Å²) in [4.78, 5) is 23.3. The minimum atomic E-state index is -1.01. The van der Waals surface area contributed by atoms with Crippen LogP contribution in [0.25, 0.3) is 0 Å². The Bertz CT molecular complexity index is 950. The molecule has 0 bridgehead atoms. The molecule has 126 valence electrons. The van der Waals surface area contributed by atoms with E-state index in [9.17, 15) is 9.59 Å². The molecule has 0 radical (unpaired) electrons. The summed E-state index contributed by atoms with van der Waals surface area (Å²) in [5.41, 5.74) is 0.570. The zero-order valence-electron chi connectivity index (χ0n) is 13.3. The number of ether oxygens (including phenoxy) is 1. The van der Waals surface area contributed by atoms with Crippen molar-refractivity contribution in [2.45, 2.75) is 0 Å². The van der Waals surface area contributed by atoms with Gasteiger partial charge in [0.2, 0.25) is 0 Å². The molecule has 3 rings (SSSR count). The van der Waals surface area contributed by atoms with E-state index in [1.807, 2.05) is 18.2 Å². The smallest absolute Gasteiger partial charge is 0.335 e. The van der Waals surface area contributed by atoms with Crippen LogP contribution in [0.1, 0.15) is 10.4 Å². The van der Waals surface area contributed by atoms with Crippen LogP contribution in [0.5, 0.6) is 11.5 Å². The number of hydrogen-bond donors (Lipinski definition) is 2. The van der Waals surface area contributed by atoms with Gasteiger partial charge in [-0.3, -0.25) is 4.79 Å². The van der Waals surface area contributed by atoms with Crippen molar-refractivity contribution in [3.8, 4) is 11.5 Å². The molecular formula is C18H15N3O4. The third-order valence-electron chi connectivity index (χ3n) is 3.47. The van der Waals surface area contributed by atoms with Crippen LogP contribution >= 0.6 is 0 Å².